The maximum Gasteiger partial charge on any atom is 0.276 e. The highest BCUT2D eigenvalue weighted by Crippen LogP contribution is 2.34. The van der Waals surface area contributed by atoms with Gasteiger partial charge in [0.1, 0.15) is 5.69 Å². The summed E-state index contributed by atoms with van der Waals surface area (Å²) < 4.78 is 0. The van der Waals surface area contributed by atoms with Crippen LogP contribution in [0, 0.1) is 0 Å². The van der Waals surface area contributed by atoms with E-state index in [2.05, 4.69) is 40.2 Å². The smallest absolute Gasteiger partial charge is 0.276 e. The number of anilines is 1. The summed E-state index contributed by atoms with van der Waals surface area (Å²) in [5.74, 6) is -0.0835. The number of dihydropyridines is 1. The number of nitrogens with one attached hydrogen (secondary N) is 1. The molecule has 0 saturated heterocycles. The molecule has 2 atom stereocenters. The first kappa shape index (κ1) is 15.6. The van der Waals surface area contributed by atoms with E-state index in [4.69, 9.17) is 0 Å². The van der Waals surface area contributed by atoms with Crippen LogP contribution in [0.5, 0.6) is 0 Å². The van der Waals surface area contributed by atoms with E-state index >= 15 is 0 Å². The first-order chi connectivity index (χ1) is 11.0. The highest BCUT2D eigenvalue weighted by molar-refractivity contribution is 7.14. The van der Waals surface area contributed by atoms with Crippen molar-refractivity contribution in [3.8, 4) is 0 Å². The molecular formula is C17H18N4OS. The molecule has 1 amide bonds. The lowest BCUT2D eigenvalue weighted by atomic mass is 9.88. The molecule has 0 bridgehead atoms. The molecule has 0 saturated carbocycles. The van der Waals surface area contributed by atoms with Crippen molar-refractivity contribution in [1.29, 1.82) is 0 Å². The Balaban J connectivity index is 1.76. The molecule has 0 aromatic carbocycles. The Bertz CT molecular complexity index is 779. The molecule has 0 spiro atoms. The predicted molar refractivity (Wildman–Crippen MR) is 93.4 cm³/mol. The van der Waals surface area contributed by atoms with Crippen molar-refractivity contribution in [3.05, 3.63) is 52.8 Å². The Hall–Kier alpha value is -2.34. The van der Waals surface area contributed by atoms with Crippen LogP contribution in [-0.4, -0.2) is 27.6 Å². The predicted octanol–water partition coefficient (Wildman–Crippen LogP) is 3.68. The summed E-state index contributed by atoms with van der Waals surface area (Å²) in [6.45, 7) is 6.21. The van der Waals surface area contributed by atoms with E-state index < -0.39 is 0 Å². The van der Waals surface area contributed by atoms with Crippen molar-refractivity contribution in [2.75, 3.05) is 5.32 Å². The van der Waals surface area contributed by atoms with Crippen LogP contribution in [0.1, 0.15) is 42.9 Å². The maximum absolute atomic E-state index is 12.1. The first-order valence-corrected chi connectivity index (χ1v) is 8.33. The van der Waals surface area contributed by atoms with Gasteiger partial charge in [0, 0.05) is 23.2 Å². The molecule has 1 aliphatic rings. The normalized spacial score (nSPS) is 20.7. The second kappa shape index (κ2) is 6.42. The standard InChI is InChI=1S/C17H18N4OS/c1-10-8-11(2)19-12(3)15(10)14-9-23-17(20-14)21-16(22)13-6-4-5-7-18-13/h4-9,12,15H,1-3H3,(H,20,21,22). The number of allylic oxidation sites excluding steroid dienone is 1. The Kier molecular flexibility index (Phi) is 4.34. The summed E-state index contributed by atoms with van der Waals surface area (Å²) in [7, 11) is 0. The molecule has 2 aromatic rings. The van der Waals surface area contributed by atoms with Crippen molar-refractivity contribution >= 4 is 28.1 Å². The minimum Gasteiger partial charge on any atom is -0.296 e. The lowest BCUT2D eigenvalue weighted by Gasteiger charge is -2.24. The zero-order valence-corrected chi connectivity index (χ0v) is 14.1. The molecule has 23 heavy (non-hydrogen) atoms. The Morgan fingerprint density at radius 2 is 2.13 bits per heavy atom. The Labute approximate surface area is 139 Å². The number of nitrogens with zero attached hydrogens (tertiary/aromatic N) is 3. The Morgan fingerprint density at radius 1 is 1.30 bits per heavy atom. The number of amides is 1. The van der Waals surface area contributed by atoms with Crippen LogP contribution in [0.2, 0.25) is 0 Å². The fourth-order valence-electron chi connectivity index (χ4n) is 2.86. The van der Waals surface area contributed by atoms with Gasteiger partial charge in [0.05, 0.1) is 11.7 Å². The van der Waals surface area contributed by atoms with Crippen LogP contribution < -0.4 is 5.32 Å². The summed E-state index contributed by atoms with van der Waals surface area (Å²) in [5.41, 5.74) is 3.62. The van der Waals surface area contributed by atoms with Gasteiger partial charge in [0.25, 0.3) is 5.91 Å². The third-order valence-electron chi connectivity index (χ3n) is 3.78. The summed E-state index contributed by atoms with van der Waals surface area (Å²) in [4.78, 5) is 25.4. The second-order valence-corrected chi connectivity index (χ2v) is 6.48. The van der Waals surface area contributed by atoms with Gasteiger partial charge in [-0.15, -0.1) is 11.3 Å². The lowest BCUT2D eigenvalue weighted by molar-refractivity contribution is 0.102. The van der Waals surface area contributed by atoms with Gasteiger partial charge in [-0.05, 0) is 39.0 Å². The molecule has 2 unspecified atom stereocenters. The zero-order valence-electron chi connectivity index (χ0n) is 13.3. The summed E-state index contributed by atoms with van der Waals surface area (Å²) >= 11 is 1.42. The number of hydrogen-bond donors (Lipinski definition) is 1. The van der Waals surface area contributed by atoms with E-state index in [1.54, 1.807) is 24.4 Å². The molecule has 118 valence electrons. The van der Waals surface area contributed by atoms with Gasteiger partial charge < -0.3 is 0 Å². The van der Waals surface area contributed by atoms with E-state index in [1.165, 1.54) is 16.9 Å². The molecule has 0 aliphatic carbocycles. The van der Waals surface area contributed by atoms with Crippen LogP contribution in [0.3, 0.4) is 0 Å². The van der Waals surface area contributed by atoms with Gasteiger partial charge in [0.2, 0.25) is 0 Å². The highest BCUT2D eigenvalue weighted by atomic mass is 32.1. The highest BCUT2D eigenvalue weighted by Gasteiger charge is 2.26. The summed E-state index contributed by atoms with van der Waals surface area (Å²) in [6.07, 6.45) is 3.69. The molecule has 6 heteroatoms. The zero-order chi connectivity index (χ0) is 16.4. The third-order valence-corrected chi connectivity index (χ3v) is 4.55. The molecule has 1 N–H and O–H groups in total. The fourth-order valence-corrected chi connectivity index (χ4v) is 3.60. The Morgan fingerprint density at radius 3 is 2.83 bits per heavy atom. The molecule has 2 aromatic heterocycles. The molecular weight excluding hydrogens is 308 g/mol. The number of aromatic nitrogens is 2. The van der Waals surface area contributed by atoms with Gasteiger partial charge in [0.15, 0.2) is 5.13 Å². The van der Waals surface area contributed by atoms with E-state index in [0.717, 1.165) is 11.4 Å². The largest absolute Gasteiger partial charge is 0.296 e. The number of rotatable bonds is 3. The third kappa shape index (κ3) is 3.37. The summed E-state index contributed by atoms with van der Waals surface area (Å²) in [5, 5.41) is 5.38. The van der Waals surface area contributed by atoms with Crippen molar-refractivity contribution < 1.29 is 4.79 Å². The van der Waals surface area contributed by atoms with E-state index in [1.807, 2.05) is 12.3 Å². The van der Waals surface area contributed by atoms with E-state index in [9.17, 15) is 4.79 Å². The average molecular weight is 326 g/mol. The van der Waals surface area contributed by atoms with Crippen LogP contribution in [0.25, 0.3) is 0 Å². The first-order valence-electron chi connectivity index (χ1n) is 7.45. The number of hydrogen-bond acceptors (Lipinski definition) is 5. The van der Waals surface area contributed by atoms with Gasteiger partial charge >= 0.3 is 0 Å². The molecule has 1 aliphatic heterocycles. The summed E-state index contributed by atoms with van der Waals surface area (Å²) in [6, 6.07) is 5.40. The van der Waals surface area contributed by atoms with Gasteiger partial charge in [-0.2, -0.15) is 0 Å². The molecule has 5 nitrogen and oxygen atoms in total. The number of pyridine rings is 1. The minimum absolute atomic E-state index is 0.154. The van der Waals surface area contributed by atoms with E-state index in [-0.39, 0.29) is 17.9 Å². The monoisotopic (exact) mass is 326 g/mol. The lowest BCUT2D eigenvalue weighted by Crippen LogP contribution is -2.20. The SMILES string of the molecule is CC1=CC(C)=NC(C)C1c1csc(NC(=O)c2ccccn2)n1. The number of thiazole rings is 1. The van der Waals surface area contributed by atoms with Crippen LogP contribution >= 0.6 is 11.3 Å². The van der Waals surface area contributed by atoms with E-state index in [0.29, 0.717) is 10.8 Å². The van der Waals surface area contributed by atoms with Gasteiger partial charge in [-0.25, -0.2) is 4.98 Å². The van der Waals surface area contributed by atoms with Gasteiger partial charge in [-0.3, -0.25) is 20.1 Å². The maximum atomic E-state index is 12.1. The van der Waals surface area contributed by atoms with Crippen molar-refractivity contribution in [2.45, 2.75) is 32.7 Å². The molecule has 0 fully saturated rings. The topological polar surface area (TPSA) is 67.2 Å². The van der Waals surface area contributed by atoms with Gasteiger partial charge in [-0.1, -0.05) is 11.6 Å². The van der Waals surface area contributed by atoms with Crippen LogP contribution in [0.15, 0.2) is 46.4 Å². The quantitative estimate of drug-likeness (QED) is 0.935. The number of carbonyl (C=O) groups excluding carboxylic acids is 1. The number of aliphatic imine (C=N–C) groups is 1. The van der Waals surface area contributed by atoms with Crippen molar-refractivity contribution in [3.63, 3.8) is 0 Å². The average Bonchev–Trinajstić information content (AvgIpc) is 2.95. The minimum atomic E-state index is -0.246. The number of carbonyl (C=O) groups is 1. The van der Waals surface area contributed by atoms with Crippen molar-refractivity contribution in [2.24, 2.45) is 4.99 Å². The van der Waals surface area contributed by atoms with Crippen LogP contribution in [0.4, 0.5) is 5.13 Å². The second-order valence-electron chi connectivity index (χ2n) is 5.62. The molecule has 3 rings (SSSR count). The molecule has 0 radical (unpaired) electrons. The van der Waals surface area contributed by atoms with Crippen molar-refractivity contribution in [1.82, 2.24) is 9.97 Å². The fraction of sp³-hybridized carbons (Fsp3) is 0.294. The molecule has 3 heterocycles. The van der Waals surface area contributed by atoms with Crippen LogP contribution in [-0.2, 0) is 0 Å².